The zero-order chi connectivity index (χ0) is 13.1. The molecule has 96 valence electrons. The van der Waals surface area contributed by atoms with Crippen LogP contribution in [0.1, 0.15) is 16.8 Å². The topological polar surface area (TPSA) is 55.8 Å². The average Bonchev–Trinajstić information content (AvgIpc) is 2.71. The second kappa shape index (κ2) is 5.08. The number of ether oxygens (including phenoxy) is 2. The van der Waals surface area contributed by atoms with E-state index < -0.39 is 12.1 Å². The van der Waals surface area contributed by atoms with Gasteiger partial charge in [-0.1, -0.05) is 0 Å². The van der Waals surface area contributed by atoms with Crippen LogP contribution in [0.3, 0.4) is 0 Å². The molecule has 0 bridgehead atoms. The SMILES string of the molecule is COC(=O)c1ccc(OC2CCN(C)C2=O)cc1. The van der Waals surface area contributed by atoms with E-state index in [0.717, 1.165) is 0 Å². The summed E-state index contributed by atoms with van der Waals surface area (Å²) in [6.45, 7) is 0.712. The molecule has 18 heavy (non-hydrogen) atoms. The van der Waals surface area contributed by atoms with Gasteiger partial charge in [0.2, 0.25) is 0 Å². The lowest BCUT2D eigenvalue weighted by Crippen LogP contribution is -2.29. The second-order valence-electron chi connectivity index (χ2n) is 4.17. The predicted molar refractivity (Wildman–Crippen MR) is 64.5 cm³/mol. The maximum atomic E-state index is 11.7. The van der Waals surface area contributed by atoms with Gasteiger partial charge in [0.1, 0.15) is 5.75 Å². The summed E-state index contributed by atoms with van der Waals surface area (Å²) in [6.07, 6.45) is 0.271. The van der Waals surface area contributed by atoms with Crippen LogP contribution in [-0.4, -0.2) is 43.6 Å². The molecule has 2 rings (SSSR count). The number of hydrogen-bond acceptors (Lipinski definition) is 4. The number of methoxy groups -OCH3 is 1. The van der Waals surface area contributed by atoms with Gasteiger partial charge in [-0.05, 0) is 24.3 Å². The molecule has 5 heteroatoms. The Kier molecular flexibility index (Phi) is 3.50. The third kappa shape index (κ3) is 2.45. The van der Waals surface area contributed by atoms with Crippen LogP contribution in [0.5, 0.6) is 5.75 Å². The summed E-state index contributed by atoms with van der Waals surface area (Å²) in [6, 6.07) is 6.56. The van der Waals surface area contributed by atoms with E-state index in [1.807, 2.05) is 0 Å². The van der Waals surface area contributed by atoms with Crippen molar-refractivity contribution in [2.24, 2.45) is 0 Å². The number of likely N-dealkylation sites (N-methyl/N-ethyl adjacent to an activating group) is 1. The Morgan fingerprint density at radius 3 is 2.50 bits per heavy atom. The number of nitrogens with zero attached hydrogens (tertiary/aromatic N) is 1. The highest BCUT2D eigenvalue weighted by molar-refractivity contribution is 5.89. The van der Waals surface area contributed by atoms with E-state index in [0.29, 0.717) is 24.3 Å². The third-order valence-electron chi connectivity index (χ3n) is 2.93. The van der Waals surface area contributed by atoms with E-state index in [-0.39, 0.29) is 5.91 Å². The number of esters is 1. The first-order valence-electron chi connectivity index (χ1n) is 5.72. The minimum absolute atomic E-state index is 0.00737. The molecule has 1 aromatic carbocycles. The number of benzene rings is 1. The van der Waals surface area contributed by atoms with Crippen molar-refractivity contribution in [1.29, 1.82) is 0 Å². The van der Waals surface area contributed by atoms with Gasteiger partial charge in [-0.3, -0.25) is 4.79 Å². The van der Waals surface area contributed by atoms with E-state index in [1.165, 1.54) is 7.11 Å². The quantitative estimate of drug-likeness (QED) is 0.752. The van der Waals surface area contributed by atoms with Crippen molar-refractivity contribution < 1.29 is 19.1 Å². The molecule has 0 radical (unpaired) electrons. The Hall–Kier alpha value is -2.04. The predicted octanol–water partition coefficient (Wildman–Crippen LogP) is 1.08. The molecule has 0 aliphatic carbocycles. The van der Waals surface area contributed by atoms with Gasteiger partial charge in [0.05, 0.1) is 12.7 Å². The van der Waals surface area contributed by atoms with Gasteiger partial charge in [-0.2, -0.15) is 0 Å². The van der Waals surface area contributed by atoms with E-state index in [2.05, 4.69) is 4.74 Å². The van der Waals surface area contributed by atoms with Crippen LogP contribution >= 0.6 is 0 Å². The minimum Gasteiger partial charge on any atom is -0.481 e. The number of rotatable bonds is 3. The molecule has 1 atom stereocenters. The Bertz CT molecular complexity index is 455. The lowest BCUT2D eigenvalue weighted by atomic mass is 10.2. The van der Waals surface area contributed by atoms with Crippen molar-refractivity contribution in [3.05, 3.63) is 29.8 Å². The van der Waals surface area contributed by atoms with Gasteiger partial charge >= 0.3 is 5.97 Å². The molecular weight excluding hydrogens is 234 g/mol. The van der Waals surface area contributed by atoms with Crippen LogP contribution in [0.15, 0.2) is 24.3 Å². The average molecular weight is 249 g/mol. The van der Waals surface area contributed by atoms with Crippen molar-refractivity contribution in [2.75, 3.05) is 20.7 Å². The molecule has 1 aliphatic rings. The monoisotopic (exact) mass is 249 g/mol. The number of carbonyl (C=O) groups is 2. The van der Waals surface area contributed by atoms with Crippen molar-refractivity contribution in [2.45, 2.75) is 12.5 Å². The van der Waals surface area contributed by atoms with Crippen molar-refractivity contribution in [1.82, 2.24) is 4.90 Å². The maximum Gasteiger partial charge on any atom is 0.337 e. The number of carbonyl (C=O) groups excluding carboxylic acids is 2. The first-order valence-corrected chi connectivity index (χ1v) is 5.72. The van der Waals surface area contributed by atoms with Crippen LogP contribution in [-0.2, 0) is 9.53 Å². The summed E-state index contributed by atoms with van der Waals surface area (Å²) in [5.41, 5.74) is 0.458. The standard InChI is InChI=1S/C13H15NO4/c1-14-8-7-11(12(14)15)18-10-5-3-9(4-6-10)13(16)17-2/h3-6,11H,7-8H2,1-2H3. The zero-order valence-electron chi connectivity index (χ0n) is 10.4. The molecule has 0 spiro atoms. The van der Waals surface area contributed by atoms with Gasteiger partial charge in [0.15, 0.2) is 6.10 Å². The normalized spacial score (nSPS) is 18.9. The molecule has 1 heterocycles. The molecule has 1 unspecified atom stereocenters. The summed E-state index contributed by atoms with van der Waals surface area (Å²) in [4.78, 5) is 24.5. The Labute approximate surface area is 105 Å². The summed E-state index contributed by atoms with van der Waals surface area (Å²) < 4.78 is 10.2. The highest BCUT2D eigenvalue weighted by atomic mass is 16.5. The molecule has 1 aliphatic heterocycles. The fourth-order valence-electron chi connectivity index (χ4n) is 1.85. The van der Waals surface area contributed by atoms with E-state index in [1.54, 1.807) is 36.2 Å². The molecule has 1 fully saturated rings. The smallest absolute Gasteiger partial charge is 0.337 e. The third-order valence-corrected chi connectivity index (χ3v) is 2.93. The Morgan fingerprint density at radius 1 is 1.33 bits per heavy atom. The summed E-state index contributed by atoms with van der Waals surface area (Å²) in [5.74, 6) is 0.182. The highest BCUT2D eigenvalue weighted by Gasteiger charge is 2.30. The number of amides is 1. The minimum atomic E-state index is -0.418. The molecule has 1 amide bonds. The highest BCUT2D eigenvalue weighted by Crippen LogP contribution is 2.19. The first-order chi connectivity index (χ1) is 8.61. The maximum absolute atomic E-state index is 11.7. The van der Waals surface area contributed by atoms with E-state index in [4.69, 9.17) is 4.74 Å². The molecular formula is C13H15NO4. The van der Waals surface area contributed by atoms with Gasteiger partial charge in [0.25, 0.3) is 5.91 Å². The molecule has 0 aromatic heterocycles. The van der Waals surface area contributed by atoms with Crippen LogP contribution in [0.2, 0.25) is 0 Å². The number of hydrogen-bond donors (Lipinski definition) is 0. The van der Waals surface area contributed by atoms with E-state index >= 15 is 0 Å². The van der Waals surface area contributed by atoms with Crippen LogP contribution in [0.25, 0.3) is 0 Å². The summed E-state index contributed by atoms with van der Waals surface area (Å²) in [5, 5.41) is 0. The van der Waals surface area contributed by atoms with Crippen LogP contribution in [0, 0.1) is 0 Å². The molecule has 1 saturated heterocycles. The lowest BCUT2D eigenvalue weighted by Gasteiger charge is -2.13. The Balaban J connectivity index is 2.03. The second-order valence-corrected chi connectivity index (χ2v) is 4.17. The van der Waals surface area contributed by atoms with Gasteiger partial charge in [0, 0.05) is 20.0 Å². The number of likely N-dealkylation sites (tertiary alicyclic amines) is 1. The summed E-state index contributed by atoms with van der Waals surface area (Å²) in [7, 11) is 3.09. The van der Waals surface area contributed by atoms with Crippen LogP contribution < -0.4 is 4.74 Å². The van der Waals surface area contributed by atoms with Crippen molar-refractivity contribution >= 4 is 11.9 Å². The van der Waals surface area contributed by atoms with Crippen molar-refractivity contribution in [3.8, 4) is 5.75 Å². The van der Waals surface area contributed by atoms with Gasteiger partial charge < -0.3 is 14.4 Å². The lowest BCUT2D eigenvalue weighted by molar-refractivity contribution is -0.132. The van der Waals surface area contributed by atoms with Crippen LogP contribution in [0.4, 0.5) is 0 Å². The summed E-state index contributed by atoms with van der Waals surface area (Å²) >= 11 is 0. The molecule has 0 saturated carbocycles. The fourth-order valence-corrected chi connectivity index (χ4v) is 1.85. The Morgan fingerprint density at radius 2 is 2.00 bits per heavy atom. The van der Waals surface area contributed by atoms with Gasteiger partial charge in [-0.25, -0.2) is 4.79 Å². The largest absolute Gasteiger partial charge is 0.481 e. The first kappa shape index (κ1) is 12.4. The molecule has 1 aromatic rings. The fraction of sp³-hybridized carbons (Fsp3) is 0.385. The molecule has 5 nitrogen and oxygen atoms in total. The van der Waals surface area contributed by atoms with Crippen molar-refractivity contribution in [3.63, 3.8) is 0 Å². The van der Waals surface area contributed by atoms with Gasteiger partial charge in [-0.15, -0.1) is 0 Å². The van der Waals surface area contributed by atoms with E-state index in [9.17, 15) is 9.59 Å². The zero-order valence-corrected chi connectivity index (χ0v) is 10.4. The molecule has 0 N–H and O–H groups in total.